The summed E-state index contributed by atoms with van der Waals surface area (Å²) in [6.07, 6.45) is 2.19. The topological polar surface area (TPSA) is 92.9 Å². The Morgan fingerprint density at radius 3 is 2.33 bits per heavy atom. The van der Waals surface area contributed by atoms with Crippen molar-refractivity contribution in [2.24, 2.45) is 17.6 Å². The molecule has 2 aliphatic rings. The maximum Gasteiger partial charge on any atom is 0.252 e. The second-order valence-electron chi connectivity index (χ2n) is 8.70. The molecule has 0 radical (unpaired) electrons. The van der Waals surface area contributed by atoms with E-state index in [1.165, 1.54) is 7.11 Å². The number of Topliss-reactive ketones (excluding diaryl/α,β-unsaturated/α-hetero) is 1. The lowest BCUT2D eigenvalue weighted by Gasteiger charge is -2.28. The van der Waals surface area contributed by atoms with Gasteiger partial charge in [-0.2, -0.15) is 0 Å². The van der Waals surface area contributed by atoms with Crippen molar-refractivity contribution in [2.75, 3.05) is 20.2 Å². The number of rotatable bonds is 8. The summed E-state index contributed by atoms with van der Waals surface area (Å²) in [7, 11) is 1.54. The van der Waals surface area contributed by atoms with Gasteiger partial charge in [-0.1, -0.05) is 27.7 Å². The summed E-state index contributed by atoms with van der Waals surface area (Å²) in [6, 6.07) is -1.40. The molecule has 7 nitrogen and oxygen atoms in total. The third-order valence-corrected chi connectivity index (χ3v) is 5.60. The Morgan fingerprint density at radius 2 is 1.78 bits per heavy atom. The fraction of sp³-hybridized carbons (Fsp3) is 0.850. The summed E-state index contributed by atoms with van der Waals surface area (Å²) < 4.78 is 5.41. The molecule has 4 atom stereocenters. The molecule has 154 valence electrons. The number of fused-ring (bicyclic) bond motifs is 1. The molecule has 4 unspecified atom stereocenters. The van der Waals surface area contributed by atoms with Crippen LogP contribution in [-0.2, 0) is 19.1 Å². The Morgan fingerprint density at radius 1 is 1.11 bits per heavy atom. The molecule has 0 aromatic rings. The number of hydrogen-bond acceptors (Lipinski definition) is 5. The van der Waals surface area contributed by atoms with Gasteiger partial charge in [0.15, 0.2) is 5.78 Å². The van der Waals surface area contributed by atoms with E-state index in [0.29, 0.717) is 37.6 Å². The zero-order valence-electron chi connectivity index (χ0n) is 17.3. The highest BCUT2D eigenvalue weighted by atomic mass is 16.5. The molecule has 2 fully saturated rings. The number of nitrogens with two attached hydrogens (primary N) is 1. The van der Waals surface area contributed by atoms with Crippen LogP contribution in [0.3, 0.4) is 0 Å². The number of likely N-dealkylation sites (tertiary alicyclic amines) is 2. The predicted octanol–water partition coefficient (Wildman–Crippen LogP) is 1.19. The number of ketones is 1. The molecule has 2 amide bonds. The Kier molecular flexibility index (Phi) is 7.40. The molecular weight excluding hydrogens is 346 g/mol. The van der Waals surface area contributed by atoms with Gasteiger partial charge < -0.3 is 20.3 Å². The molecule has 7 heteroatoms. The van der Waals surface area contributed by atoms with Gasteiger partial charge in [-0.3, -0.25) is 14.4 Å². The first-order chi connectivity index (χ1) is 12.7. The third-order valence-electron chi connectivity index (χ3n) is 5.60. The van der Waals surface area contributed by atoms with Gasteiger partial charge in [0.2, 0.25) is 5.91 Å². The lowest BCUT2D eigenvalue weighted by atomic mass is 10.0. The van der Waals surface area contributed by atoms with Crippen molar-refractivity contribution < 1.29 is 19.1 Å². The van der Waals surface area contributed by atoms with Crippen LogP contribution in [0.25, 0.3) is 0 Å². The van der Waals surface area contributed by atoms with E-state index < -0.39 is 18.2 Å². The van der Waals surface area contributed by atoms with Crippen LogP contribution in [0.1, 0.15) is 53.4 Å². The van der Waals surface area contributed by atoms with Crippen LogP contribution < -0.4 is 5.73 Å². The summed E-state index contributed by atoms with van der Waals surface area (Å²) >= 11 is 0. The number of hydrogen-bond donors (Lipinski definition) is 1. The van der Waals surface area contributed by atoms with E-state index in [9.17, 15) is 14.4 Å². The SMILES string of the molecule is COC(CCC(C)C)C(=O)N1CC(=O)C2C1CCN2C(=O)C(N)CC(C)C. The minimum atomic E-state index is -0.598. The highest BCUT2D eigenvalue weighted by Crippen LogP contribution is 2.31. The lowest BCUT2D eigenvalue weighted by molar-refractivity contribution is -0.144. The second-order valence-corrected chi connectivity index (χ2v) is 8.70. The second kappa shape index (κ2) is 9.15. The van der Waals surface area contributed by atoms with Gasteiger partial charge in [0.05, 0.1) is 18.6 Å². The molecule has 0 aromatic heterocycles. The molecule has 2 aliphatic heterocycles. The van der Waals surface area contributed by atoms with Gasteiger partial charge in [-0.15, -0.1) is 0 Å². The van der Waals surface area contributed by atoms with Crippen molar-refractivity contribution in [1.82, 2.24) is 9.80 Å². The van der Waals surface area contributed by atoms with Crippen molar-refractivity contribution in [1.29, 1.82) is 0 Å². The van der Waals surface area contributed by atoms with Crippen molar-refractivity contribution >= 4 is 17.6 Å². The Bertz CT molecular complexity index is 563. The normalized spacial score (nSPS) is 24.7. The fourth-order valence-electron chi connectivity index (χ4n) is 4.19. The molecule has 2 N–H and O–H groups in total. The van der Waals surface area contributed by atoms with Crippen LogP contribution in [0, 0.1) is 11.8 Å². The Balaban J connectivity index is 2.07. The Labute approximate surface area is 162 Å². The molecule has 2 heterocycles. The fourth-order valence-corrected chi connectivity index (χ4v) is 4.19. The average molecular weight is 382 g/mol. The summed E-state index contributed by atoms with van der Waals surface area (Å²) in [4.78, 5) is 41.6. The third kappa shape index (κ3) is 4.88. The van der Waals surface area contributed by atoms with E-state index in [1.807, 2.05) is 13.8 Å². The van der Waals surface area contributed by atoms with Crippen LogP contribution in [0.5, 0.6) is 0 Å². The number of nitrogens with zero attached hydrogens (tertiary/aromatic N) is 2. The molecular formula is C20H35N3O4. The highest BCUT2D eigenvalue weighted by molar-refractivity contribution is 5.98. The van der Waals surface area contributed by atoms with Crippen LogP contribution >= 0.6 is 0 Å². The van der Waals surface area contributed by atoms with Crippen molar-refractivity contribution in [3.8, 4) is 0 Å². The first-order valence-corrected chi connectivity index (χ1v) is 10.1. The standard InChI is InChI=1S/C20H35N3O4/c1-12(2)6-7-17(27-5)20(26)23-11-16(24)18-15(23)8-9-22(18)19(25)14(21)10-13(3)4/h12-15,17-18H,6-11,21H2,1-5H3. The smallest absolute Gasteiger partial charge is 0.252 e. The van der Waals surface area contributed by atoms with Gasteiger partial charge >= 0.3 is 0 Å². The average Bonchev–Trinajstić information content (AvgIpc) is 3.15. The van der Waals surface area contributed by atoms with E-state index in [4.69, 9.17) is 10.5 Å². The first-order valence-electron chi connectivity index (χ1n) is 10.1. The number of carbonyl (C=O) groups excluding carboxylic acids is 3. The molecule has 0 aliphatic carbocycles. The molecule has 2 saturated heterocycles. The van der Waals surface area contributed by atoms with E-state index in [2.05, 4.69) is 13.8 Å². The first kappa shape index (κ1) is 21.8. The number of ether oxygens (including phenoxy) is 1. The van der Waals surface area contributed by atoms with E-state index in [0.717, 1.165) is 6.42 Å². The maximum absolute atomic E-state index is 13.0. The summed E-state index contributed by atoms with van der Waals surface area (Å²) in [5, 5.41) is 0. The van der Waals surface area contributed by atoms with Gasteiger partial charge in [0.1, 0.15) is 12.1 Å². The maximum atomic E-state index is 13.0. The van der Waals surface area contributed by atoms with Crippen LogP contribution in [0.4, 0.5) is 0 Å². The summed E-state index contributed by atoms with van der Waals surface area (Å²) in [5.74, 6) is 0.393. The quantitative estimate of drug-likeness (QED) is 0.682. The van der Waals surface area contributed by atoms with Gasteiger partial charge in [-0.25, -0.2) is 0 Å². The van der Waals surface area contributed by atoms with Crippen molar-refractivity contribution in [2.45, 2.75) is 77.6 Å². The van der Waals surface area contributed by atoms with Crippen molar-refractivity contribution in [3.63, 3.8) is 0 Å². The molecule has 27 heavy (non-hydrogen) atoms. The van der Waals surface area contributed by atoms with Crippen LogP contribution in [0.15, 0.2) is 0 Å². The van der Waals surface area contributed by atoms with Crippen molar-refractivity contribution in [3.05, 3.63) is 0 Å². The molecule has 2 rings (SSSR count). The number of methoxy groups -OCH3 is 1. The zero-order chi connectivity index (χ0) is 20.3. The van der Waals surface area contributed by atoms with E-state index in [-0.39, 0.29) is 30.2 Å². The van der Waals surface area contributed by atoms with Gasteiger partial charge in [0.25, 0.3) is 5.91 Å². The van der Waals surface area contributed by atoms with Crippen LogP contribution in [0.2, 0.25) is 0 Å². The zero-order valence-corrected chi connectivity index (χ0v) is 17.3. The van der Waals surface area contributed by atoms with E-state index in [1.54, 1.807) is 9.80 Å². The molecule has 0 saturated carbocycles. The number of amides is 2. The largest absolute Gasteiger partial charge is 0.372 e. The number of carbonyl (C=O) groups is 3. The molecule has 0 spiro atoms. The predicted molar refractivity (Wildman–Crippen MR) is 103 cm³/mol. The minimum absolute atomic E-state index is 0.0545. The van der Waals surface area contributed by atoms with Gasteiger partial charge in [-0.05, 0) is 37.5 Å². The van der Waals surface area contributed by atoms with Crippen LogP contribution in [-0.4, -0.2) is 71.8 Å². The molecule has 0 aromatic carbocycles. The minimum Gasteiger partial charge on any atom is -0.372 e. The summed E-state index contributed by atoms with van der Waals surface area (Å²) in [5.41, 5.74) is 6.06. The molecule has 0 bridgehead atoms. The highest BCUT2D eigenvalue weighted by Gasteiger charge is 2.52. The summed E-state index contributed by atoms with van der Waals surface area (Å²) in [6.45, 7) is 8.77. The lowest BCUT2D eigenvalue weighted by Crippen LogP contribution is -2.50. The van der Waals surface area contributed by atoms with E-state index >= 15 is 0 Å². The Hall–Kier alpha value is -1.47. The van der Waals surface area contributed by atoms with Gasteiger partial charge in [0, 0.05) is 13.7 Å². The monoisotopic (exact) mass is 381 g/mol.